The van der Waals surface area contributed by atoms with Gasteiger partial charge < -0.3 is 28.5 Å². The predicted octanol–water partition coefficient (Wildman–Crippen LogP) is 6.81. The molecule has 0 radical (unpaired) electrons. The monoisotopic (exact) mass is 890 g/mol. The van der Waals surface area contributed by atoms with Crippen LogP contribution in [0.4, 0.5) is 0 Å². The minimum atomic E-state index is -1.24. The number of cyclic esters (lactones) is 1. The summed E-state index contributed by atoms with van der Waals surface area (Å²) in [4.78, 5) is 60.4. The quantitative estimate of drug-likeness (QED) is 0.141. The molecule has 5 aromatic rings. The summed E-state index contributed by atoms with van der Waals surface area (Å²) in [5, 5.41) is 5.55. The average Bonchev–Trinajstić information content (AvgIpc) is 3.96. The highest BCUT2D eigenvalue weighted by Crippen LogP contribution is 2.47. The number of hydrogen-bond acceptors (Lipinski definition) is 13. The second kappa shape index (κ2) is 17.1. The van der Waals surface area contributed by atoms with Gasteiger partial charge in [-0.1, -0.05) is 33.8 Å². The van der Waals surface area contributed by atoms with Crippen molar-refractivity contribution in [3.8, 4) is 22.5 Å². The fraction of sp³-hybridized carbons (Fsp3) is 0.542. The number of pyridine rings is 1. The number of ether oxygens (including phenoxy) is 3. The van der Waals surface area contributed by atoms with Gasteiger partial charge in [-0.3, -0.25) is 34.3 Å². The van der Waals surface area contributed by atoms with Crippen molar-refractivity contribution in [3.63, 3.8) is 0 Å². The first-order valence-corrected chi connectivity index (χ1v) is 23.7. The van der Waals surface area contributed by atoms with Crippen molar-refractivity contribution in [1.29, 1.82) is 0 Å². The molecular weight excluding hydrogens is 833 g/mol. The van der Waals surface area contributed by atoms with Gasteiger partial charge in [0.2, 0.25) is 11.8 Å². The summed E-state index contributed by atoms with van der Waals surface area (Å²) in [5.74, 6) is -0.912. The number of oxazole rings is 1. The van der Waals surface area contributed by atoms with Crippen molar-refractivity contribution in [3.05, 3.63) is 76.5 Å². The highest BCUT2D eigenvalue weighted by atomic mass is 32.1. The molecule has 2 saturated heterocycles. The molecule has 6 bridgehead atoms. The molecule has 0 spiro atoms. The van der Waals surface area contributed by atoms with Crippen molar-refractivity contribution in [2.75, 3.05) is 33.4 Å². The third-order valence-corrected chi connectivity index (χ3v) is 14.9. The molecule has 16 heteroatoms. The molecule has 64 heavy (non-hydrogen) atoms. The van der Waals surface area contributed by atoms with Crippen LogP contribution in [0.3, 0.4) is 0 Å². The van der Waals surface area contributed by atoms with E-state index >= 15 is 0 Å². The van der Waals surface area contributed by atoms with Crippen LogP contribution in [0.2, 0.25) is 0 Å². The molecule has 4 aromatic heterocycles. The highest BCUT2D eigenvalue weighted by molar-refractivity contribution is 7.09. The Morgan fingerprint density at radius 1 is 1.11 bits per heavy atom. The maximum atomic E-state index is 14.8. The SMILES string of the molecule is CO[C@@H](C)c1ncccc1-c1c2c3cc(ccc3n1C1CN(C3CC3)C1)-c1coc(n1)[C@@H](OCc1cncs1)[C@H](NC(=O)C1[C@@H](C)[C@H]1C)C(=O)N1CCC[C@H](N1)C(=O)OCC(C)(C)C2. The van der Waals surface area contributed by atoms with E-state index in [0.717, 1.165) is 56.9 Å². The average molecular weight is 891 g/mol. The Labute approximate surface area is 377 Å². The molecule has 3 aliphatic heterocycles. The zero-order chi connectivity index (χ0) is 44.4. The summed E-state index contributed by atoms with van der Waals surface area (Å²) in [5.41, 5.74) is 10.9. The molecule has 1 unspecified atom stereocenters. The van der Waals surface area contributed by atoms with Crippen LogP contribution in [0.25, 0.3) is 33.4 Å². The molecule has 4 fully saturated rings. The number of fused-ring (bicyclic) bond motifs is 6. The Hall–Kier alpha value is -5.00. The number of hydrazine groups is 1. The maximum Gasteiger partial charge on any atom is 0.324 e. The van der Waals surface area contributed by atoms with Gasteiger partial charge in [-0.15, -0.1) is 11.3 Å². The van der Waals surface area contributed by atoms with Gasteiger partial charge in [0.05, 0.1) is 47.1 Å². The molecular formula is C48H58N8O7S. The summed E-state index contributed by atoms with van der Waals surface area (Å²) in [6.07, 6.45) is 7.85. The summed E-state index contributed by atoms with van der Waals surface area (Å²) >= 11 is 1.42. The number of carbonyl (C=O) groups is 3. The van der Waals surface area contributed by atoms with Gasteiger partial charge in [-0.25, -0.2) is 10.4 Å². The topological polar surface area (TPSA) is 166 Å². The van der Waals surface area contributed by atoms with Gasteiger partial charge in [0.1, 0.15) is 24.0 Å². The lowest BCUT2D eigenvalue weighted by Crippen LogP contribution is -2.61. The van der Waals surface area contributed by atoms with Crippen LogP contribution in [0.5, 0.6) is 0 Å². The lowest BCUT2D eigenvalue weighted by Gasteiger charge is -2.42. The van der Waals surface area contributed by atoms with Crippen molar-refractivity contribution in [1.82, 2.24) is 40.2 Å². The number of rotatable bonds is 10. The Bertz CT molecular complexity index is 2540. The zero-order valence-corrected chi connectivity index (χ0v) is 38.2. The van der Waals surface area contributed by atoms with E-state index in [-0.39, 0.29) is 54.9 Å². The molecule has 10 rings (SSSR count). The Morgan fingerprint density at radius 2 is 1.92 bits per heavy atom. The molecule has 15 nitrogen and oxygen atoms in total. The number of methoxy groups -OCH3 is 1. The van der Waals surface area contributed by atoms with E-state index in [1.807, 2.05) is 33.0 Å². The summed E-state index contributed by atoms with van der Waals surface area (Å²) in [6.45, 7) is 12.8. The van der Waals surface area contributed by atoms with Crippen LogP contribution in [-0.2, 0) is 41.6 Å². The molecule has 2 amide bonds. The first kappa shape index (κ1) is 42.9. The maximum absolute atomic E-state index is 14.8. The third-order valence-electron chi connectivity index (χ3n) is 14.2. The number of esters is 1. The van der Waals surface area contributed by atoms with E-state index in [2.05, 4.69) is 63.3 Å². The largest absolute Gasteiger partial charge is 0.464 e. The number of benzene rings is 1. The van der Waals surface area contributed by atoms with Gasteiger partial charge in [0.15, 0.2) is 6.10 Å². The zero-order valence-electron chi connectivity index (χ0n) is 37.4. The molecule has 5 aliphatic rings. The van der Waals surface area contributed by atoms with Crippen LogP contribution >= 0.6 is 11.3 Å². The van der Waals surface area contributed by atoms with E-state index < -0.39 is 35.5 Å². The summed E-state index contributed by atoms with van der Waals surface area (Å²) in [6, 6.07) is 9.44. The molecule has 2 N–H and O–H groups in total. The number of nitrogens with zero attached hydrogens (tertiary/aromatic N) is 6. The van der Waals surface area contributed by atoms with E-state index in [9.17, 15) is 14.4 Å². The van der Waals surface area contributed by atoms with Gasteiger partial charge in [0, 0.05) is 78.5 Å². The summed E-state index contributed by atoms with van der Waals surface area (Å²) < 4.78 is 27.5. The van der Waals surface area contributed by atoms with E-state index in [4.69, 9.17) is 28.6 Å². The van der Waals surface area contributed by atoms with E-state index in [0.29, 0.717) is 37.5 Å². The number of aromatic nitrogens is 4. The third kappa shape index (κ3) is 8.16. The number of carbonyl (C=O) groups excluding carboxylic acids is 3. The fourth-order valence-electron chi connectivity index (χ4n) is 10.0. The molecule has 338 valence electrons. The Balaban J connectivity index is 1.13. The molecule has 1 aromatic carbocycles. The van der Waals surface area contributed by atoms with Crippen LogP contribution in [0, 0.1) is 23.2 Å². The van der Waals surface area contributed by atoms with Crippen molar-refractivity contribution in [2.24, 2.45) is 23.2 Å². The number of thiazole rings is 1. The standard InChI is InChI=1S/C48H58N8O7S/c1-26-27(2)39(26)44(57)52-41-43(61-22-32-19-49-25-64-32)45-51-37(23-62-45)29-11-14-38-34(17-29)35(18-48(4,5)24-63-47(59)36-10-8-16-55(53-36)46(41)58)42(33-9-7-15-50-40(33)28(3)60-6)56(38)31-20-54(21-31)30-12-13-30/h7,9,11,14-15,17,19,23,25-28,30-31,36,39,41,43,53H,8,10,12-13,16,18,20-22,24H2,1-6H3,(H,52,57)/t26-,27+,28-,36-,39?,41-,43-/m0/s1. The van der Waals surface area contributed by atoms with Crippen molar-refractivity contribution < 1.29 is 33.0 Å². The smallest absolute Gasteiger partial charge is 0.324 e. The van der Waals surface area contributed by atoms with Crippen molar-refractivity contribution >= 4 is 40.0 Å². The molecule has 7 atom stereocenters. The number of amides is 2. The second-order valence-electron chi connectivity index (χ2n) is 19.3. The first-order chi connectivity index (χ1) is 30.9. The van der Waals surface area contributed by atoms with Gasteiger partial charge in [0.25, 0.3) is 5.91 Å². The minimum Gasteiger partial charge on any atom is -0.464 e. The second-order valence-corrected chi connectivity index (χ2v) is 20.3. The molecule has 2 saturated carbocycles. The fourth-order valence-corrected chi connectivity index (χ4v) is 10.5. The minimum absolute atomic E-state index is 0.101. The Kier molecular flexibility index (Phi) is 11.5. The van der Waals surface area contributed by atoms with E-state index in [1.165, 1.54) is 29.2 Å². The van der Waals surface area contributed by atoms with Crippen LogP contribution < -0.4 is 10.7 Å². The van der Waals surface area contributed by atoms with E-state index in [1.54, 1.807) is 25.1 Å². The molecule has 2 aliphatic carbocycles. The number of likely N-dealkylation sites (tertiary alicyclic amines) is 1. The van der Waals surface area contributed by atoms with Gasteiger partial charge in [-0.05, 0) is 80.7 Å². The molecule has 7 heterocycles. The Morgan fingerprint density at radius 3 is 2.66 bits per heavy atom. The predicted molar refractivity (Wildman–Crippen MR) is 239 cm³/mol. The van der Waals surface area contributed by atoms with Gasteiger partial charge >= 0.3 is 5.97 Å². The van der Waals surface area contributed by atoms with Crippen LogP contribution in [-0.4, -0.2) is 98.7 Å². The normalized spacial score (nSPS) is 26.9. The lowest BCUT2D eigenvalue weighted by molar-refractivity contribution is -0.157. The van der Waals surface area contributed by atoms with Crippen LogP contribution in [0.15, 0.2) is 58.9 Å². The number of nitrogens with one attached hydrogen (secondary N) is 2. The highest BCUT2D eigenvalue weighted by Gasteiger charge is 2.51. The van der Waals surface area contributed by atoms with Crippen LogP contribution in [0.1, 0.15) is 101 Å². The van der Waals surface area contributed by atoms with Crippen molar-refractivity contribution in [2.45, 2.75) is 110 Å². The number of hydrogen-bond donors (Lipinski definition) is 2. The summed E-state index contributed by atoms with van der Waals surface area (Å²) in [7, 11) is 1.71. The lowest BCUT2D eigenvalue weighted by atomic mass is 9.84. The van der Waals surface area contributed by atoms with Gasteiger partial charge in [-0.2, -0.15) is 0 Å². The first-order valence-electron chi connectivity index (χ1n) is 22.8.